The van der Waals surface area contributed by atoms with E-state index >= 15 is 0 Å². The standard InChI is InChI=1S/C16H24O3/c1-16(2,14-10-6-5-7-11-14)13-9-4-3-8-12-15(17)19-18/h5-7,10-11,18H,3-4,8-9,12-13H2,1-2H3. The molecule has 0 atom stereocenters. The van der Waals surface area contributed by atoms with Crippen molar-refractivity contribution < 1.29 is 14.9 Å². The molecule has 0 saturated carbocycles. The van der Waals surface area contributed by atoms with Crippen molar-refractivity contribution in [2.45, 2.75) is 57.8 Å². The molecule has 0 unspecified atom stereocenters. The van der Waals surface area contributed by atoms with Gasteiger partial charge in [-0.3, -0.25) is 0 Å². The van der Waals surface area contributed by atoms with Crippen molar-refractivity contribution in [3.63, 3.8) is 0 Å². The van der Waals surface area contributed by atoms with Gasteiger partial charge in [-0.05, 0) is 23.8 Å². The molecule has 0 aliphatic heterocycles. The first kappa shape index (κ1) is 15.7. The molecule has 0 radical (unpaired) electrons. The second-order valence-corrected chi connectivity index (χ2v) is 5.63. The van der Waals surface area contributed by atoms with Crippen molar-refractivity contribution in [2.24, 2.45) is 0 Å². The summed E-state index contributed by atoms with van der Waals surface area (Å²) in [6, 6.07) is 10.6. The SMILES string of the molecule is CC(C)(CCCCCCC(=O)OO)c1ccccc1. The van der Waals surface area contributed by atoms with Crippen LogP contribution in [-0.2, 0) is 15.1 Å². The van der Waals surface area contributed by atoms with Crippen molar-refractivity contribution in [1.82, 2.24) is 0 Å². The molecule has 1 rings (SSSR count). The van der Waals surface area contributed by atoms with E-state index in [4.69, 9.17) is 5.26 Å². The highest BCUT2D eigenvalue weighted by Gasteiger charge is 2.19. The average molecular weight is 264 g/mol. The van der Waals surface area contributed by atoms with E-state index in [0.717, 1.165) is 32.1 Å². The van der Waals surface area contributed by atoms with Gasteiger partial charge in [0.15, 0.2) is 0 Å². The summed E-state index contributed by atoms with van der Waals surface area (Å²) < 4.78 is 0. The lowest BCUT2D eigenvalue weighted by Gasteiger charge is -2.25. The lowest BCUT2D eigenvalue weighted by molar-refractivity contribution is -0.234. The molecule has 3 nitrogen and oxygen atoms in total. The van der Waals surface area contributed by atoms with Gasteiger partial charge >= 0.3 is 5.97 Å². The summed E-state index contributed by atoms with van der Waals surface area (Å²) in [6.07, 6.45) is 5.48. The van der Waals surface area contributed by atoms with E-state index in [2.05, 4.69) is 43.0 Å². The maximum absolute atomic E-state index is 10.7. The number of unbranched alkanes of at least 4 members (excludes halogenated alkanes) is 3. The molecule has 0 bridgehead atoms. The predicted octanol–water partition coefficient (Wildman–Crippen LogP) is 4.32. The van der Waals surface area contributed by atoms with Gasteiger partial charge in [0.1, 0.15) is 0 Å². The van der Waals surface area contributed by atoms with Crippen molar-refractivity contribution in [3.05, 3.63) is 35.9 Å². The molecule has 0 saturated heterocycles. The molecule has 0 fully saturated rings. The van der Waals surface area contributed by atoms with Gasteiger partial charge < -0.3 is 4.89 Å². The Bertz CT molecular complexity index is 371. The van der Waals surface area contributed by atoms with E-state index in [1.165, 1.54) is 5.56 Å². The molecule has 0 spiro atoms. The minimum absolute atomic E-state index is 0.200. The Morgan fingerprint density at radius 1 is 1.11 bits per heavy atom. The maximum Gasteiger partial charge on any atom is 0.342 e. The van der Waals surface area contributed by atoms with E-state index in [9.17, 15) is 4.79 Å². The second-order valence-electron chi connectivity index (χ2n) is 5.63. The second kappa shape index (κ2) is 7.95. The molecular formula is C16H24O3. The van der Waals surface area contributed by atoms with Gasteiger partial charge in [0, 0.05) is 6.42 Å². The monoisotopic (exact) mass is 264 g/mol. The van der Waals surface area contributed by atoms with Crippen LogP contribution in [0.5, 0.6) is 0 Å². The van der Waals surface area contributed by atoms with Gasteiger partial charge in [0.2, 0.25) is 0 Å². The molecule has 1 aromatic rings. The number of hydrogen-bond donors (Lipinski definition) is 1. The zero-order valence-electron chi connectivity index (χ0n) is 11.9. The van der Waals surface area contributed by atoms with E-state index in [1.807, 2.05) is 6.07 Å². The first-order valence-corrected chi connectivity index (χ1v) is 6.96. The van der Waals surface area contributed by atoms with Crippen LogP contribution >= 0.6 is 0 Å². The smallest absolute Gasteiger partial charge is 0.301 e. The van der Waals surface area contributed by atoms with Crippen LogP contribution in [0.4, 0.5) is 0 Å². The molecule has 0 heterocycles. The minimum atomic E-state index is -0.537. The quantitative estimate of drug-likeness (QED) is 0.432. The van der Waals surface area contributed by atoms with Crippen LogP contribution in [0.2, 0.25) is 0 Å². The Morgan fingerprint density at radius 3 is 2.37 bits per heavy atom. The van der Waals surface area contributed by atoms with Gasteiger partial charge in [-0.25, -0.2) is 4.79 Å². The summed E-state index contributed by atoms with van der Waals surface area (Å²) in [5.74, 6) is -0.537. The van der Waals surface area contributed by atoms with Crippen molar-refractivity contribution >= 4 is 5.97 Å². The lowest BCUT2D eigenvalue weighted by atomic mass is 9.80. The predicted molar refractivity (Wildman–Crippen MR) is 75.9 cm³/mol. The number of carbonyl (C=O) groups excluding carboxylic acids is 1. The van der Waals surface area contributed by atoms with Crippen LogP contribution in [0.1, 0.15) is 57.9 Å². The maximum atomic E-state index is 10.7. The molecular weight excluding hydrogens is 240 g/mol. The highest BCUT2D eigenvalue weighted by molar-refractivity contribution is 5.68. The van der Waals surface area contributed by atoms with E-state index < -0.39 is 5.97 Å². The van der Waals surface area contributed by atoms with Crippen LogP contribution < -0.4 is 0 Å². The largest absolute Gasteiger partial charge is 0.342 e. The lowest BCUT2D eigenvalue weighted by Crippen LogP contribution is -2.16. The molecule has 19 heavy (non-hydrogen) atoms. The Hall–Kier alpha value is -1.35. The topological polar surface area (TPSA) is 46.5 Å². The van der Waals surface area contributed by atoms with E-state index in [-0.39, 0.29) is 5.41 Å². The molecule has 0 aliphatic rings. The zero-order chi connectivity index (χ0) is 14.1. The van der Waals surface area contributed by atoms with Crippen LogP contribution in [0, 0.1) is 0 Å². The molecule has 106 valence electrons. The molecule has 0 aliphatic carbocycles. The Balaban J connectivity index is 2.20. The molecule has 0 aromatic heterocycles. The molecule has 1 N–H and O–H groups in total. The van der Waals surface area contributed by atoms with E-state index in [0.29, 0.717) is 6.42 Å². The first-order chi connectivity index (χ1) is 9.06. The summed E-state index contributed by atoms with van der Waals surface area (Å²) in [4.78, 5) is 14.3. The molecule has 1 aromatic carbocycles. The van der Waals surface area contributed by atoms with Crippen LogP contribution in [-0.4, -0.2) is 11.2 Å². The highest BCUT2D eigenvalue weighted by atomic mass is 17.1. The fraction of sp³-hybridized carbons (Fsp3) is 0.562. The Morgan fingerprint density at radius 2 is 1.74 bits per heavy atom. The number of hydrogen-bond acceptors (Lipinski definition) is 3. The first-order valence-electron chi connectivity index (χ1n) is 6.96. The number of rotatable bonds is 8. The summed E-state index contributed by atoms with van der Waals surface area (Å²) >= 11 is 0. The Kier molecular flexibility index (Phi) is 6.57. The summed E-state index contributed by atoms with van der Waals surface area (Å²) in [5, 5.41) is 8.12. The van der Waals surface area contributed by atoms with Crippen molar-refractivity contribution in [1.29, 1.82) is 0 Å². The van der Waals surface area contributed by atoms with Crippen molar-refractivity contribution in [3.8, 4) is 0 Å². The average Bonchev–Trinajstić information content (AvgIpc) is 2.43. The summed E-state index contributed by atoms with van der Waals surface area (Å²) in [7, 11) is 0. The van der Waals surface area contributed by atoms with Gasteiger partial charge in [0.25, 0.3) is 0 Å². The van der Waals surface area contributed by atoms with Gasteiger partial charge in [-0.15, -0.1) is 0 Å². The van der Waals surface area contributed by atoms with Gasteiger partial charge in [0.05, 0.1) is 0 Å². The van der Waals surface area contributed by atoms with Gasteiger partial charge in [-0.1, -0.05) is 63.4 Å². The third-order valence-electron chi connectivity index (χ3n) is 3.59. The molecule has 3 heteroatoms. The summed E-state index contributed by atoms with van der Waals surface area (Å²) in [5.41, 5.74) is 1.57. The third-order valence-corrected chi connectivity index (χ3v) is 3.59. The minimum Gasteiger partial charge on any atom is -0.301 e. The fourth-order valence-electron chi connectivity index (χ4n) is 2.27. The Labute approximate surface area is 115 Å². The van der Waals surface area contributed by atoms with Gasteiger partial charge in [-0.2, -0.15) is 5.26 Å². The summed E-state index contributed by atoms with van der Waals surface area (Å²) in [6.45, 7) is 4.54. The molecule has 0 amide bonds. The highest BCUT2D eigenvalue weighted by Crippen LogP contribution is 2.29. The van der Waals surface area contributed by atoms with Crippen LogP contribution in [0.3, 0.4) is 0 Å². The van der Waals surface area contributed by atoms with Crippen molar-refractivity contribution in [2.75, 3.05) is 0 Å². The number of benzene rings is 1. The third kappa shape index (κ3) is 5.88. The van der Waals surface area contributed by atoms with E-state index in [1.54, 1.807) is 0 Å². The normalized spacial score (nSPS) is 11.3. The van der Waals surface area contributed by atoms with Crippen LogP contribution in [0.15, 0.2) is 30.3 Å². The fourth-order valence-corrected chi connectivity index (χ4v) is 2.27. The van der Waals surface area contributed by atoms with Crippen LogP contribution in [0.25, 0.3) is 0 Å². The number of carbonyl (C=O) groups is 1. The zero-order valence-corrected chi connectivity index (χ0v) is 11.9.